The van der Waals surface area contributed by atoms with Gasteiger partial charge >= 0.3 is 0 Å². The molecule has 0 aliphatic rings. The zero-order valence-corrected chi connectivity index (χ0v) is 12.8. The first-order valence-corrected chi connectivity index (χ1v) is 7.02. The molecular formula is C13H16N4O3S. The molecule has 0 saturated heterocycles. The van der Waals surface area contributed by atoms with Crippen LogP contribution in [0.5, 0.6) is 5.88 Å². The molecule has 112 valence electrons. The Morgan fingerprint density at radius 2 is 2.05 bits per heavy atom. The third-order valence-corrected chi connectivity index (χ3v) is 3.96. The second kappa shape index (κ2) is 6.40. The quantitative estimate of drug-likeness (QED) is 0.653. The van der Waals surface area contributed by atoms with Gasteiger partial charge in [0, 0.05) is 31.9 Å². The SMILES string of the molecule is COc1nc(N(C)C)sc1CNc1ccc([N+](=O)[O-])cc1. The summed E-state index contributed by atoms with van der Waals surface area (Å²) in [4.78, 5) is 17.4. The fourth-order valence-electron chi connectivity index (χ4n) is 1.67. The van der Waals surface area contributed by atoms with Crippen LogP contribution in [-0.4, -0.2) is 31.1 Å². The summed E-state index contributed by atoms with van der Waals surface area (Å²) in [7, 11) is 5.43. The zero-order valence-electron chi connectivity index (χ0n) is 12.0. The van der Waals surface area contributed by atoms with Crippen molar-refractivity contribution in [3.63, 3.8) is 0 Å². The van der Waals surface area contributed by atoms with E-state index in [4.69, 9.17) is 4.74 Å². The van der Waals surface area contributed by atoms with Crippen LogP contribution in [0.25, 0.3) is 0 Å². The van der Waals surface area contributed by atoms with Gasteiger partial charge in [0.05, 0.1) is 23.5 Å². The maximum atomic E-state index is 10.6. The van der Waals surface area contributed by atoms with E-state index in [1.165, 1.54) is 23.5 Å². The number of anilines is 2. The number of methoxy groups -OCH3 is 1. The van der Waals surface area contributed by atoms with Crippen LogP contribution in [0.1, 0.15) is 4.88 Å². The molecule has 1 N–H and O–H groups in total. The predicted molar refractivity (Wildman–Crippen MR) is 83.4 cm³/mol. The van der Waals surface area contributed by atoms with Gasteiger partial charge in [-0.2, -0.15) is 4.98 Å². The van der Waals surface area contributed by atoms with Crippen LogP contribution in [0.2, 0.25) is 0 Å². The van der Waals surface area contributed by atoms with E-state index in [0.29, 0.717) is 12.4 Å². The molecule has 21 heavy (non-hydrogen) atoms. The highest BCUT2D eigenvalue weighted by molar-refractivity contribution is 7.15. The number of nitro benzene ring substituents is 1. The van der Waals surface area contributed by atoms with Crippen molar-refractivity contribution in [3.8, 4) is 5.88 Å². The molecule has 0 atom stereocenters. The first-order chi connectivity index (χ1) is 10.0. The van der Waals surface area contributed by atoms with E-state index in [1.807, 2.05) is 19.0 Å². The average molecular weight is 308 g/mol. The third kappa shape index (κ3) is 3.60. The van der Waals surface area contributed by atoms with Gasteiger partial charge in [-0.05, 0) is 12.1 Å². The minimum atomic E-state index is -0.417. The molecule has 7 nitrogen and oxygen atoms in total. The number of benzene rings is 1. The Morgan fingerprint density at radius 3 is 2.57 bits per heavy atom. The Kier molecular flexibility index (Phi) is 4.59. The second-order valence-corrected chi connectivity index (χ2v) is 5.54. The summed E-state index contributed by atoms with van der Waals surface area (Å²) in [6, 6.07) is 6.30. The number of thiazole rings is 1. The normalized spacial score (nSPS) is 10.2. The van der Waals surface area contributed by atoms with Crippen LogP contribution < -0.4 is 15.0 Å². The van der Waals surface area contributed by atoms with Gasteiger partial charge in [0.25, 0.3) is 5.69 Å². The number of non-ortho nitro benzene ring substituents is 1. The summed E-state index contributed by atoms with van der Waals surface area (Å²) in [6.07, 6.45) is 0. The maximum Gasteiger partial charge on any atom is 0.269 e. The molecule has 1 aromatic carbocycles. The van der Waals surface area contributed by atoms with Crippen molar-refractivity contribution in [2.45, 2.75) is 6.54 Å². The average Bonchev–Trinajstić information content (AvgIpc) is 2.89. The smallest absolute Gasteiger partial charge is 0.269 e. The topological polar surface area (TPSA) is 80.5 Å². The Bertz CT molecular complexity index is 625. The molecule has 0 fully saturated rings. The zero-order chi connectivity index (χ0) is 15.4. The van der Waals surface area contributed by atoms with Crippen molar-refractivity contribution in [2.75, 3.05) is 31.4 Å². The lowest BCUT2D eigenvalue weighted by Crippen LogP contribution is -2.07. The highest BCUT2D eigenvalue weighted by Crippen LogP contribution is 2.31. The number of nitrogens with zero attached hydrogens (tertiary/aromatic N) is 3. The van der Waals surface area contributed by atoms with Gasteiger partial charge in [0.15, 0.2) is 5.13 Å². The van der Waals surface area contributed by atoms with Gasteiger partial charge in [-0.25, -0.2) is 0 Å². The van der Waals surface area contributed by atoms with Gasteiger partial charge < -0.3 is 15.0 Å². The van der Waals surface area contributed by atoms with Crippen LogP contribution in [0.15, 0.2) is 24.3 Å². The second-order valence-electron chi connectivity index (χ2n) is 4.48. The Balaban J connectivity index is 2.07. The summed E-state index contributed by atoms with van der Waals surface area (Å²) in [5.74, 6) is 0.595. The number of aromatic nitrogens is 1. The molecule has 1 aromatic heterocycles. The fraction of sp³-hybridized carbons (Fsp3) is 0.308. The van der Waals surface area contributed by atoms with E-state index in [2.05, 4.69) is 10.3 Å². The summed E-state index contributed by atoms with van der Waals surface area (Å²) in [6.45, 7) is 0.548. The molecule has 2 aromatic rings. The molecule has 0 amide bonds. The number of hydrogen-bond donors (Lipinski definition) is 1. The van der Waals surface area contributed by atoms with Crippen LogP contribution in [0.3, 0.4) is 0 Å². The fourth-order valence-corrected chi connectivity index (χ4v) is 2.56. The number of hydrogen-bond acceptors (Lipinski definition) is 7. The molecule has 0 saturated carbocycles. The van der Waals surface area contributed by atoms with Crippen molar-refractivity contribution < 1.29 is 9.66 Å². The third-order valence-electron chi connectivity index (χ3n) is 2.76. The molecular weight excluding hydrogens is 292 g/mol. The number of nitro groups is 1. The van der Waals surface area contributed by atoms with Crippen molar-refractivity contribution in [1.29, 1.82) is 0 Å². The van der Waals surface area contributed by atoms with E-state index in [1.54, 1.807) is 19.2 Å². The van der Waals surface area contributed by atoms with Crippen LogP contribution in [0, 0.1) is 10.1 Å². The minimum absolute atomic E-state index is 0.0748. The van der Waals surface area contributed by atoms with Crippen molar-refractivity contribution in [2.24, 2.45) is 0 Å². The monoisotopic (exact) mass is 308 g/mol. The molecule has 0 bridgehead atoms. The lowest BCUT2D eigenvalue weighted by molar-refractivity contribution is -0.384. The molecule has 0 radical (unpaired) electrons. The van der Waals surface area contributed by atoms with Gasteiger partial charge in [0.1, 0.15) is 0 Å². The van der Waals surface area contributed by atoms with E-state index >= 15 is 0 Å². The molecule has 0 aliphatic heterocycles. The Hall–Kier alpha value is -2.35. The van der Waals surface area contributed by atoms with E-state index in [-0.39, 0.29) is 5.69 Å². The van der Waals surface area contributed by atoms with Gasteiger partial charge in [-0.15, -0.1) is 0 Å². The highest BCUT2D eigenvalue weighted by Gasteiger charge is 2.13. The van der Waals surface area contributed by atoms with Crippen LogP contribution in [0.4, 0.5) is 16.5 Å². The predicted octanol–water partition coefficient (Wildman–Crippen LogP) is 2.74. The lowest BCUT2D eigenvalue weighted by atomic mass is 10.3. The van der Waals surface area contributed by atoms with Crippen molar-refractivity contribution in [3.05, 3.63) is 39.3 Å². The lowest BCUT2D eigenvalue weighted by Gasteiger charge is -2.05. The first-order valence-electron chi connectivity index (χ1n) is 6.20. The summed E-state index contributed by atoms with van der Waals surface area (Å²) in [5.41, 5.74) is 0.883. The molecule has 0 unspecified atom stereocenters. The van der Waals surface area contributed by atoms with Crippen LogP contribution >= 0.6 is 11.3 Å². The Morgan fingerprint density at radius 1 is 1.38 bits per heavy atom. The van der Waals surface area contributed by atoms with Gasteiger partial charge in [-0.3, -0.25) is 10.1 Å². The molecule has 1 heterocycles. The molecule has 0 spiro atoms. The van der Waals surface area contributed by atoms with E-state index < -0.39 is 4.92 Å². The summed E-state index contributed by atoms with van der Waals surface area (Å²) < 4.78 is 5.26. The van der Waals surface area contributed by atoms with E-state index in [0.717, 1.165) is 15.7 Å². The summed E-state index contributed by atoms with van der Waals surface area (Å²) >= 11 is 1.54. The number of nitrogens with one attached hydrogen (secondary N) is 1. The maximum absolute atomic E-state index is 10.6. The largest absolute Gasteiger partial charge is 0.480 e. The minimum Gasteiger partial charge on any atom is -0.480 e. The molecule has 2 rings (SSSR count). The highest BCUT2D eigenvalue weighted by atomic mass is 32.1. The molecule has 8 heteroatoms. The van der Waals surface area contributed by atoms with Gasteiger partial charge in [-0.1, -0.05) is 11.3 Å². The molecule has 0 aliphatic carbocycles. The van der Waals surface area contributed by atoms with Crippen molar-refractivity contribution in [1.82, 2.24) is 4.98 Å². The number of ether oxygens (including phenoxy) is 1. The standard InChI is InChI=1S/C13H16N4O3S/c1-16(2)13-15-12(20-3)11(21-13)8-14-9-4-6-10(7-5-9)17(18)19/h4-7,14H,8H2,1-3H3. The van der Waals surface area contributed by atoms with Crippen LogP contribution in [-0.2, 0) is 6.54 Å². The van der Waals surface area contributed by atoms with Gasteiger partial charge in [0.2, 0.25) is 5.88 Å². The summed E-state index contributed by atoms with van der Waals surface area (Å²) in [5, 5.41) is 14.7. The number of rotatable bonds is 6. The first kappa shape index (κ1) is 15.0. The van der Waals surface area contributed by atoms with E-state index in [9.17, 15) is 10.1 Å². The van der Waals surface area contributed by atoms with Crippen molar-refractivity contribution >= 4 is 27.8 Å². The Labute approximate surface area is 126 Å².